The van der Waals surface area contributed by atoms with Crippen LogP contribution in [0, 0.1) is 0 Å². The summed E-state index contributed by atoms with van der Waals surface area (Å²) in [6.07, 6.45) is 2.33. The molecule has 0 radical (unpaired) electrons. The zero-order valence-corrected chi connectivity index (χ0v) is 14.5. The first kappa shape index (κ1) is 17.4. The van der Waals surface area contributed by atoms with Gasteiger partial charge in [0.2, 0.25) is 10.0 Å². The maximum absolute atomic E-state index is 12.6. The minimum absolute atomic E-state index is 0.0411. The number of hydrogen-bond donors (Lipinski definition) is 2. The summed E-state index contributed by atoms with van der Waals surface area (Å²) in [5.74, 6) is 0. The number of aliphatic hydroxyl groups is 1. The summed E-state index contributed by atoms with van der Waals surface area (Å²) in [7, 11) is -3.64. The van der Waals surface area contributed by atoms with E-state index in [-0.39, 0.29) is 11.4 Å². The fourth-order valence-corrected chi connectivity index (χ4v) is 4.45. The molecule has 0 amide bonds. The second-order valence-corrected chi connectivity index (χ2v) is 8.06. The lowest BCUT2D eigenvalue weighted by Crippen LogP contribution is -2.34. The number of nitrogens with one attached hydrogen (secondary N) is 1. The number of aliphatic hydroxyl groups excluding tert-OH is 1. The van der Waals surface area contributed by atoms with E-state index < -0.39 is 16.1 Å². The topological polar surface area (TPSA) is 69.6 Å². The fourth-order valence-electron chi connectivity index (χ4n) is 3.15. The average molecular weight is 348 g/mol. The molecule has 5 nitrogen and oxygen atoms in total. The molecule has 0 saturated carbocycles. The SMILES string of the molecule is O=S(=O)(NC[C@H](O)CCN1CCCC1)c1cccc2ccccc12. The molecule has 6 heteroatoms. The van der Waals surface area contributed by atoms with E-state index >= 15 is 0 Å². The van der Waals surface area contributed by atoms with Crippen molar-refractivity contribution in [1.29, 1.82) is 0 Å². The summed E-state index contributed by atoms with van der Waals surface area (Å²) in [5.41, 5.74) is 0. The molecule has 0 spiro atoms. The largest absolute Gasteiger partial charge is 0.392 e. The number of rotatable bonds is 7. The van der Waals surface area contributed by atoms with Crippen LogP contribution in [0.3, 0.4) is 0 Å². The maximum atomic E-state index is 12.6. The number of likely N-dealkylation sites (tertiary alicyclic amines) is 1. The highest BCUT2D eigenvalue weighted by Crippen LogP contribution is 2.22. The van der Waals surface area contributed by atoms with E-state index in [2.05, 4.69) is 9.62 Å². The molecular weight excluding hydrogens is 324 g/mol. The molecule has 2 aromatic carbocycles. The number of hydrogen-bond acceptors (Lipinski definition) is 4. The Balaban J connectivity index is 1.62. The van der Waals surface area contributed by atoms with E-state index in [0.717, 1.165) is 25.0 Å². The van der Waals surface area contributed by atoms with Crippen molar-refractivity contribution >= 4 is 20.8 Å². The average Bonchev–Trinajstić information content (AvgIpc) is 3.11. The first-order valence-electron chi connectivity index (χ1n) is 8.44. The molecule has 1 aliphatic rings. The number of benzene rings is 2. The van der Waals surface area contributed by atoms with Gasteiger partial charge in [-0.1, -0.05) is 36.4 Å². The molecule has 2 aromatic rings. The Morgan fingerprint density at radius 3 is 2.58 bits per heavy atom. The van der Waals surface area contributed by atoms with Crippen LogP contribution in [0.5, 0.6) is 0 Å². The van der Waals surface area contributed by atoms with Gasteiger partial charge in [-0.2, -0.15) is 0 Å². The zero-order valence-electron chi connectivity index (χ0n) is 13.7. The maximum Gasteiger partial charge on any atom is 0.241 e. The van der Waals surface area contributed by atoms with E-state index in [0.29, 0.717) is 11.8 Å². The first-order chi connectivity index (χ1) is 11.6. The van der Waals surface area contributed by atoms with Gasteiger partial charge in [-0.15, -0.1) is 0 Å². The molecule has 2 N–H and O–H groups in total. The highest BCUT2D eigenvalue weighted by molar-refractivity contribution is 7.89. The lowest BCUT2D eigenvalue weighted by molar-refractivity contribution is 0.150. The molecule has 130 valence electrons. The molecule has 0 bridgehead atoms. The van der Waals surface area contributed by atoms with Crippen molar-refractivity contribution in [2.24, 2.45) is 0 Å². The summed E-state index contributed by atoms with van der Waals surface area (Å²) in [6, 6.07) is 12.6. The van der Waals surface area contributed by atoms with Crippen molar-refractivity contribution in [2.45, 2.75) is 30.3 Å². The molecule has 1 aliphatic heterocycles. The van der Waals surface area contributed by atoms with Crippen molar-refractivity contribution in [3.63, 3.8) is 0 Å². The Kier molecular flexibility index (Phi) is 5.50. The van der Waals surface area contributed by atoms with Crippen LogP contribution in [0.2, 0.25) is 0 Å². The summed E-state index contributed by atoms with van der Waals surface area (Å²) < 4.78 is 27.7. The Morgan fingerprint density at radius 2 is 1.79 bits per heavy atom. The van der Waals surface area contributed by atoms with Gasteiger partial charge in [0.1, 0.15) is 0 Å². The molecule has 3 rings (SSSR count). The smallest absolute Gasteiger partial charge is 0.241 e. The molecular formula is C18H24N2O3S. The first-order valence-corrected chi connectivity index (χ1v) is 9.92. The highest BCUT2D eigenvalue weighted by atomic mass is 32.2. The van der Waals surface area contributed by atoms with E-state index in [1.54, 1.807) is 18.2 Å². The van der Waals surface area contributed by atoms with Crippen molar-refractivity contribution < 1.29 is 13.5 Å². The monoisotopic (exact) mass is 348 g/mol. The van der Waals surface area contributed by atoms with Crippen LogP contribution in [-0.4, -0.2) is 50.7 Å². The van der Waals surface area contributed by atoms with Gasteiger partial charge in [-0.25, -0.2) is 13.1 Å². The molecule has 1 atom stereocenters. The molecule has 1 heterocycles. The van der Waals surface area contributed by atoms with E-state index in [9.17, 15) is 13.5 Å². The Hall–Kier alpha value is -1.47. The Bertz CT molecular complexity index is 780. The molecule has 0 aliphatic carbocycles. The van der Waals surface area contributed by atoms with E-state index in [4.69, 9.17) is 0 Å². The third-order valence-electron chi connectivity index (χ3n) is 4.53. The quantitative estimate of drug-likeness (QED) is 0.803. The van der Waals surface area contributed by atoms with Crippen LogP contribution in [0.4, 0.5) is 0 Å². The third kappa shape index (κ3) is 4.13. The molecule has 24 heavy (non-hydrogen) atoms. The van der Waals surface area contributed by atoms with Crippen molar-refractivity contribution in [3.8, 4) is 0 Å². The van der Waals surface area contributed by atoms with Gasteiger partial charge >= 0.3 is 0 Å². The summed E-state index contributed by atoms with van der Waals surface area (Å²) in [4.78, 5) is 2.56. The van der Waals surface area contributed by atoms with Gasteiger partial charge in [0.05, 0.1) is 11.0 Å². The lowest BCUT2D eigenvalue weighted by Gasteiger charge is -2.18. The van der Waals surface area contributed by atoms with E-state index in [1.807, 2.05) is 24.3 Å². The van der Waals surface area contributed by atoms with Crippen LogP contribution >= 0.6 is 0 Å². The third-order valence-corrected chi connectivity index (χ3v) is 6.01. The van der Waals surface area contributed by atoms with Gasteiger partial charge in [0.25, 0.3) is 0 Å². The van der Waals surface area contributed by atoms with Gasteiger partial charge in [-0.3, -0.25) is 0 Å². The second-order valence-electron chi connectivity index (χ2n) is 6.32. The van der Waals surface area contributed by atoms with Crippen LogP contribution < -0.4 is 4.72 Å². The highest BCUT2D eigenvalue weighted by Gasteiger charge is 2.19. The summed E-state index contributed by atoms with van der Waals surface area (Å²) >= 11 is 0. The van der Waals surface area contributed by atoms with Crippen LogP contribution in [0.1, 0.15) is 19.3 Å². The molecule has 0 aromatic heterocycles. The number of sulfonamides is 1. The predicted molar refractivity (Wildman–Crippen MR) is 95.4 cm³/mol. The van der Waals surface area contributed by atoms with Gasteiger partial charge in [-0.05, 0) is 43.8 Å². The predicted octanol–water partition coefficient (Wildman–Crippen LogP) is 1.96. The van der Waals surface area contributed by atoms with Gasteiger partial charge in [0, 0.05) is 18.5 Å². The van der Waals surface area contributed by atoms with Crippen molar-refractivity contribution in [2.75, 3.05) is 26.2 Å². The zero-order chi connectivity index (χ0) is 17.0. The number of nitrogens with zero attached hydrogens (tertiary/aromatic N) is 1. The van der Waals surface area contributed by atoms with Crippen molar-refractivity contribution in [1.82, 2.24) is 9.62 Å². The second kappa shape index (κ2) is 7.61. The van der Waals surface area contributed by atoms with Gasteiger partial charge < -0.3 is 10.0 Å². The molecule has 0 unspecified atom stereocenters. The van der Waals surface area contributed by atoms with Gasteiger partial charge in [0.15, 0.2) is 0 Å². The Morgan fingerprint density at radius 1 is 1.08 bits per heavy atom. The fraction of sp³-hybridized carbons (Fsp3) is 0.444. The van der Waals surface area contributed by atoms with Crippen LogP contribution in [0.25, 0.3) is 10.8 Å². The van der Waals surface area contributed by atoms with E-state index in [1.165, 1.54) is 12.8 Å². The summed E-state index contributed by atoms with van der Waals surface area (Å²) in [5, 5.41) is 11.7. The molecule has 1 saturated heterocycles. The Labute approximate surface area is 143 Å². The standard InChI is InChI=1S/C18H24N2O3S/c21-16(10-13-20-11-3-4-12-20)14-19-24(22,23)18-9-5-7-15-6-1-2-8-17(15)18/h1-2,5-9,16,19,21H,3-4,10-14H2/t16-/m1/s1. The summed E-state index contributed by atoms with van der Waals surface area (Å²) in [6.45, 7) is 3.01. The molecule has 1 fully saturated rings. The minimum Gasteiger partial charge on any atom is -0.392 e. The lowest BCUT2D eigenvalue weighted by atomic mass is 10.1. The van der Waals surface area contributed by atoms with Crippen LogP contribution in [-0.2, 0) is 10.0 Å². The number of fused-ring (bicyclic) bond motifs is 1. The normalized spacial score (nSPS) is 17.4. The van der Waals surface area contributed by atoms with Crippen molar-refractivity contribution in [3.05, 3.63) is 42.5 Å². The van der Waals surface area contributed by atoms with Crippen LogP contribution in [0.15, 0.2) is 47.4 Å². The minimum atomic E-state index is -3.64.